The molecule has 1 N–H and O–H groups in total. The first-order valence-corrected chi connectivity index (χ1v) is 7.72. The van der Waals surface area contributed by atoms with Crippen molar-refractivity contribution in [3.05, 3.63) is 35.1 Å². The van der Waals surface area contributed by atoms with Gasteiger partial charge in [-0.05, 0) is 36.5 Å². The molecule has 22 heavy (non-hydrogen) atoms. The molecule has 0 saturated carbocycles. The van der Waals surface area contributed by atoms with Gasteiger partial charge in [-0.15, -0.1) is 0 Å². The summed E-state index contributed by atoms with van der Waals surface area (Å²) in [5, 5.41) is 2.87. The fraction of sp³-hybridized carbons (Fsp3) is 0.529. The van der Waals surface area contributed by atoms with E-state index in [0.29, 0.717) is 25.1 Å². The van der Waals surface area contributed by atoms with Crippen LogP contribution >= 0.6 is 0 Å². The highest BCUT2D eigenvalue weighted by atomic mass is 19.1. The number of amides is 2. The van der Waals surface area contributed by atoms with Gasteiger partial charge >= 0.3 is 0 Å². The number of carbonyl (C=O) groups excluding carboxylic acids is 2. The first-order valence-electron chi connectivity index (χ1n) is 7.72. The van der Waals surface area contributed by atoms with Gasteiger partial charge in [0, 0.05) is 19.5 Å². The molecule has 0 aliphatic carbocycles. The van der Waals surface area contributed by atoms with Gasteiger partial charge in [0.2, 0.25) is 11.8 Å². The lowest BCUT2D eigenvalue weighted by molar-refractivity contribution is -0.139. The van der Waals surface area contributed by atoms with E-state index in [-0.39, 0.29) is 23.5 Å². The minimum absolute atomic E-state index is 0.0477. The van der Waals surface area contributed by atoms with Crippen LogP contribution in [0.15, 0.2) is 18.2 Å². The molecule has 1 aliphatic rings. The van der Waals surface area contributed by atoms with E-state index >= 15 is 0 Å². The molecule has 120 valence electrons. The lowest BCUT2D eigenvalue weighted by Crippen LogP contribution is -2.50. The van der Waals surface area contributed by atoms with Crippen LogP contribution in [0.2, 0.25) is 0 Å². The summed E-state index contributed by atoms with van der Waals surface area (Å²) >= 11 is 0. The summed E-state index contributed by atoms with van der Waals surface area (Å²) in [7, 11) is 0. The molecular weight excluding hydrogens is 283 g/mol. The minimum Gasteiger partial charge on any atom is -0.350 e. The molecule has 1 aliphatic heterocycles. The first-order chi connectivity index (χ1) is 10.4. The zero-order chi connectivity index (χ0) is 16.3. The standard InChI is InChI=1S/C17H23FN2O2/c1-11(2)16(20-8-4-5-15(20)21)17(22)19-10-13-6-7-14(18)12(3)9-13/h6-7,9,11,16H,4-5,8,10H2,1-3H3,(H,19,22)/t16-/m1/s1. The largest absolute Gasteiger partial charge is 0.350 e. The summed E-state index contributed by atoms with van der Waals surface area (Å²) in [5.74, 6) is -0.298. The summed E-state index contributed by atoms with van der Waals surface area (Å²) in [6, 6.07) is 4.35. The van der Waals surface area contributed by atoms with E-state index in [4.69, 9.17) is 0 Å². The highest BCUT2D eigenvalue weighted by Crippen LogP contribution is 2.19. The van der Waals surface area contributed by atoms with Crippen molar-refractivity contribution < 1.29 is 14.0 Å². The van der Waals surface area contributed by atoms with Gasteiger partial charge in [-0.25, -0.2) is 4.39 Å². The third-order valence-corrected chi connectivity index (χ3v) is 4.03. The molecule has 0 unspecified atom stereocenters. The highest BCUT2D eigenvalue weighted by molar-refractivity contribution is 5.88. The minimum atomic E-state index is -0.434. The average molecular weight is 306 g/mol. The Morgan fingerprint density at radius 3 is 2.68 bits per heavy atom. The lowest BCUT2D eigenvalue weighted by atomic mass is 10.0. The zero-order valence-corrected chi connectivity index (χ0v) is 13.4. The molecule has 1 aromatic carbocycles. The monoisotopic (exact) mass is 306 g/mol. The van der Waals surface area contributed by atoms with Gasteiger partial charge in [0.05, 0.1) is 0 Å². The van der Waals surface area contributed by atoms with Crippen molar-refractivity contribution in [3.63, 3.8) is 0 Å². The van der Waals surface area contributed by atoms with Crippen molar-refractivity contribution in [2.75, 3.05) is 6.54 Å². The fourth-order valence-corrected chi connectivity index (χ4v) is 2.88. The Morgan fingerprint density at radius 1 is 1.41 bits per heavy atom. The number of hydrogen-bond acceptors (Lipinski definition) is 2. The molecule has 0 spiro atoms. The van der Waals surface area contributed by atoms with Crippen LogP contribution in [0.1, 0.15) is 37.8 Å². The first kappa shape index (κ1) is 16.5. The topological polar surface area (TPSA) is 49.4 Å². The number of rotatable bonds is 5. The lowest BCUT2D eigenvalue weighted by Gasteiger charge is -2.29. The van der Waals surface area contributed by atoms with Crippen molar-refractivity contribution >= 4 is 11.8 Å². The molecule has 1 heterocycles. The summed E-state index contributed by atoms with van der Waals surface area (Å²) in [5.41, 5.74) is 1.41. The molecule has 0 bridgehead atoms. The van der Waals surface area contributed by atoms with Gasteiger partial charge in [-0.2, -0.15) is 0 Å². The van der Waals surface area contributed by atoms with Crippen molar-refractivity contribution in [2.45, 2.75) is 46.2 Å². The van der Waals surface area contributed by atoms with E-state index < -0.39 is 6.04 Å². The van der Waals surface area contributed by atoms with E-state index in [1.165, 1.54) is 6.07 Å². The number of benzene rings is 1. The second kappa shape index (κ2) is 6.90. The molecule has 2 amide bonds. The molecule has 4 nitrogen and oxygen atoms in total. The van der Waals surface area contributed by atoms with Crippen LogP contribution in [0.5, 0.6) is 0 Å². The molecule has 1 saturated heterocycles. The van der Waals surface area contributed by atoms with Gasteiger partial charge in [-0.1, -0.05) is 26.0 Å². The molecule has 0 aromatic heterocycles. The second-order valence-corrected chi connectivity index (χ2v) is 6.18. The van der Waals surface area contributed by atoms with E-state index in [9.17, 15) is 14.0 Å². The van der Waals surface area contributed by atoms with Crippen molar-refractivity contribution in [1.82, 2.24) is 10.2 Å². The average Bonchev–Trinajstić information content (AvgIpc) is 2.86. The van der Waals surface area contributed by atoms with Crippen LogP contribution in [0, 0.1) is 18.7 Å². The van der Waals surface area contributed by atoms with Crippen LogP contribution in [0.4, 0.5) is 4.39 Å². The third-order valence-electron chi connectivity index (χ3n) is 4.03. The summed E-state index contributed by atoms with van der Waals surface area (Å²) in [4.78, 5) is 26.0. The molecule has 0 radical (unpaired) electrons. The molecule has 1 aromatic rings. The number of nitrogens with one attached hydrogen (secondary N) is 1. The zero-order valence-electron chi connectivity index (χ0n) is 13.4. The number of nitrogens with zero attached hydrogens (tertiary/aromatic N) is 1. The van der Waals surface area contributed by atoms with Crippen molar-refractivity contribution in [3.8, 4) is 0 Å². The smallest absolute Gasteiger partial charge is 0.243 e. The Morgan fingerprint density at radius 2 is 2.14 bits per heavy atom. The third kappa shape index (κ3) is 3.64. The van der Waals surface area contributed by atoms with Crippen molar-refractivity contribution in [2.24, 2.45) is 5.92 Å². The van der Waals surface area contributed by atoms with Crippen LogP contribution in [0.25, 0.3) is 0 Å². The highest BCUT2D eigenvalue weighted by Gasteiger charge is 2.34. The molecule has 1 atom stereocenters. The maximum Gasteiger partial charge on any atom is 0.243 e. The predicted octanol–water partition coefficient (Wildman–Crippen LogP) is 2.40. The quantitative estimate of drug-likeness (QED) is 0.908. The van der Waals surface area contributed by atoms with E-state index in [1.54, 1.807) is 24.0 Å². The Bertz CT molecular complexity index is 572. The van der Waals surface area contributed by atoms with Gasteiger partial charge < -0.3 is 10.2 Å². The Kier molecular flexibility index (Phi) is 5.16. The van der Waals surface area contributed by atoms with Crippen LogP contribution < -0.4 is 5.32 Å². The Labute approximate surface area is 130 Å². The molecule has 2 rings (SSSR count). The fourth-order valence-electron chi connectivity index (χ4n) is 2.88. The molecule has 5 heteroatoms. The summed E-state index contributed by atoms with van der Waals surface area (Å²) in [6.07, 6.45) is 1.33. The number of likely N-dealkylation sites (tertiary alicyclic amines) is 1. The number of aryl methyl sites for hydroxylation is 1. The molecule has 1 fully saturated rings. The van der Waals surface area contributed by atoms with E-state index in [0.717, 1.165) is 12.0 Å². The molecular formula is C17H23FN2O2. The van der Waals surface area contributed by atoms with Gasteiger partial charge in [0.25, 0.3) is 0 Å². The number of carbonyl (C=O) groups is 2. The van der Waals surface area contributed by atoms with Crippen LogP contribution in [-0.4, -0.2) is 29.3 Å². The number of halogens is 1. The normalized spacial score (nSPS) is 16.2. The van der Waals surface area contributed by atoms with Gasteiger partial charge in [-0.3, -0.25) is 9.59 Å². The van der Waals surface area contributed by atoms with Crippen molar-refractivity contribution in [1.29, 1.82) is 0 Å². The van der Waals surface area contributed by atoms with Crippen LogP contribution in [-0.2, 0) is 16.1 Å². The van der Waals surface area contributed by atoms with Gasteiger partial charge in [0.15, 0.2) is 0 Å². The summed E-state index contributed by atoms with van der Waals surface area (Å²) < 4.78 is 13.2. The number of hydrogen-bond donors (Lipinski definition) is 1. The summed E-state index contributed by atoms with van der Waals surface area (Å²) in [6.45, 7) is 6.56. The Balaban J connectivity index is 2.02. The predicted molar refractivity (Wildman–Crippen MR) is 82.6 cm³/mol. The maximum absolute atomic E-state index is 13.2. The van der Waals surface area contributed by atoms with Gasteiger partial charge in [0.1, 0.15) is 11.9 Å². The Hall–Kier alpha value is -1.91. The SMILES string of the molecule is Cc1cc(CNC(=O)[C@@H](C(C)C)N2CCCC2=O)ccc1F. The van der Waals surface area contributed by atoms with E-state index in [2.05, 4.69) is 5.32 Å². The van der Waals surface area contributed by atoms with E-state index in [1.807, 2.05) is 13.8 Å². The van der Waals surface area contributed by atoms with Crippen LogP contribution in [0.3, 0.4) is 0 Å². The second-order valence-electron chi connectivity index (χ2n) is 6.18. The maximum atomic E-state index is 13.2.